The molecule has 1 N–H and O–H groups in total. The zero-order valence-corrected chi connectivity index (χ0v) is 22.2. The number of benzene rings is 2. The lowest BCUT2D eigenvalue weighted by Crippen LogP contribution is -2.40. The van der Waals surface area contributed by atoms with Crippen molar-refractivity contribution in [2.45, 2.75) is 57.0 Å². The minimum atomic E-state index is -0.582. The summed E-state index contributed by atoms with van der Waals surface area (Å²) in [5.74, 6) is 0.357. The standard InChI is InChI=1S/C30H35N5O3/c1-33-16-15-23(18-33)34(2)26(36)19-35-25-17-22(29-31-30(37)38-32-29)13-14-24(25)27(20-9-5-3-6-10-20)28(35)21-11-7-4-8-12-21/h4,7-8,11-14,17,20,23H,3,5-6,9-10,15-16,18-19H2,1-2H3,(H,31,32,37). The Morgan fingerprint density at radius 2 is 1.87 bits per heavy atom. The highest BCUT2D eigenvalue weighted by atomic mass is 16.5. The van der Waals surface area contributed by atoms with E-state index in [4.69, 9.17) is 4.52 Å². The number of fused-ring (bicyclic) bond motifs is 1. The molecule has 1 unspecified atom stereocenters. The molecule has 6 rings (SSSR count). The minimum Gasteiger partial charge on any atom is -0.340 e. The monoisotopic (exact) mass is 513 g/mol. The topological polar surface area (TPSA) is 87.4 Å². The van der Waals surface area contributed by atoms with E-state index in [9.17, 15) is 9.59 Å². The summed E-state index contributed by atoms with van der Waals surface area (Å²) in [6.45, 7) is 2.16. The molecule has 1 aliphatic carbocycles. The normalized spacial score (nSPS) is 18.8. The highest BCUT2D eigenvalue weighted by molar-refractivity contribution is 5.96. The number of carbonyl (C=O) groups excluding carboxylic acids is 1. The number of nitrogens with one attached hydrogen (secondary N) is 1. The number of amides is 1. The molecule has 3 heterocycles. The molecular formula is C30H35N5O3. The summed E-state index contributed by atoms with van der Waals surface area (Å²) in [5, 5.41) is 5.08. The molecule has 0 spiro atoms. The fourth-order valence-electron chi connectivity index (χ4n) is 6.43. The van der Waals surface area contributed by atoms with Crippen molar-refractivity contribution in [1.29, 1.82) is 0 Å². The van der Waals surface area contributed by atoms with E-state index in [1.54, 1.807) is 0 Å². The number of aromatic nitrogens is 3. The molecular weight excluding hydrogens is 478 g/mol. The fourth-order valence-corrected chi connectivity index (χ4v) is 6.43. The summed E-state index contributed by atoms with van der Waals surface area (Å²) in [6, 6.07) is 16.8. The van der Waals surface area contributed by atoms with Crippen molar-refractivity contribution in [3.8, 4) is 22.6 Å². The Morgan fingerprint density at radius 3 is 2.55 bits per heavy atom. The number of aromatic amines is 1. The van der Waals surface area contributed by atoms with Crippen LogP contribution < -0.4 is 5.76 Å². The predicted molar refractivity (Wildman–Crippen MR) is 148 cm³/mol. The maximum absolute atomic E-state index is 13.8. The first-order valence-corrected chi connectivity index (χ1v) is 13.7. The van der Waals surface area contributed by atoms with Crippen molar-refractivity contribution in [3.05, 3.63) is 64.6 Å². The minimum absolute atomic E-state index is 0.106. The van der Waals surface area contributed by atoms with Gasteiger partial charge < -0.3 is 14.4 Å². The van der Waals surface area contributed by atoms with E-state index < -0.39 is 5.76 Å². The molecule has 2 aliphatic rings. The van der Waals surface area contributed by atoms with Crippen LogP contribution in [0.2, 0.25) is 0 Å². The summed E-state index contributed by atoms with van der Waals surface area (Å²) >= 11 is 0. The molecule has 1 saturated carbocycles. The zero-order valence-electron chi connectivity index (χ0n) is 22.2. The van der Waals surface area contributed by atoms with Gasteiger partial charge in [-0.2, -0.15) is 0 Å². The highest BCUT2D eigenvalue weighted by Crippen LogP contribution is 2.44. The van der Waals surface area contributed by atoms with E-state index in [1.807, 2.05) is 30.1 Å². The van der Waals surface area contributed by atoms with Crippen molar-refractivity contribution in [2.75, 3.05) is 27.2 Å². The third kappa shape index (κ3) is 4.58. The van der Waals surface area contributed by atoms with Gasteiger partial charge in [-0.05, 0) is 56.0 Å². The third-order valence-corrected chi connectivity index (χ3v) is 8.48. The van der Waals surface area contributed by atoms with Crippen LogP contribution >= 0.6 is 0 Å². The van der Waals surface area contributed by atoms with Crippen molar-refractivity contribution in [1.82, 2.24) is 24.5 Å². The molecule has 2 aromatic carbocycles. The first kappa shape index (κ1) is 24.7. The number of likely N-dealkylation sites (N-methyl/N-ethyl adjacent to an activating group) is 2. The van der Waals surface area contributed by atoms with Crippen LogP contribution in [0.4, 0.5) is 0 Å². The largest absolute Gasteiger partial charge is 0.439 e. The number of rotatable bonds is 6. The quantitative estimate of drug-likeness (QED) is 0.398. The molecule has 1 aliphatic heterocycles. The van der Waals surface area contributed by atoms with Crippen molar-refractivity contribution in [2.24, 2.45) is 0 Å². The molecule has 4 aromatic rings. The average Bonchev–Trinajstić information content (AvgIpc) is 3.66. The van der Waals surface area contributed by atoms with Gasteiger partial charge >= 0.3 is 5.76 Å². The van der Waals surface area contributed by atoms with Crippen LogP contribution in [0.3, 0.4) is 0 Å². The van der Waals surface area contributed by atoms with Gasteiger partial charge in [0, 0.05) is 30.6 Å². The number of hydrogen-bond acceptors (Lipinski definition) is 5. The van der Waals surface area contributed by atoms with Gasteiger partial charge in [-0.15, -0.1) is 0 Å². The van der Waals surface area contributed by atoms with Gasteiger partial charge in [0.25, 0.3) is 0 Å². The molecule has 1 saturated heterocycles. The lowest BCUT2D eigenvalue weighted by atomic mass is 9.82. The molecule has 198 valence electrons. The maximum atomic E-state index is 13.8. The summed E-state index contributed by atoms with van der Waals surface area (Å²) in [7, 11) is 4.05. The van der Waals surface area contributed by atoms with Crippen molar-refractivity contribution >= 4 is 16.8 Å². The first-order chi connectivity index (χ1) is 18.5. The Labute approximate surface area is 222 Å². The molecule has 8 heteroatoms. The number of hydrogen-bond donors (Lipinski definition) is 1. The highest BCUT2D eigenvalue weighted by Gasteiger charge is 2.30. The van der Waals surface area contributed by atoms with Gasteiger partial charge in [0.15, 0.2) is 5.82 Å². The molecule has 0 bridgehead atoms. The predicted octanol–water partition coefficient (Wildman–Crippen LogP) is 4.86. The number of nitrogens with zero attached hydrogens (tertiary/aromatic N) is 4. The molecule has 2 aromatic heterocycles. The summed E-state index contributed by atoms with van der Waals surface area (Å²) in [5.41, 5.74) is 5.33. The van der Waals surface area contributed by atoms with Crippen LogP contribution in [0.1, 0.15) is 50.0 Å². The Bertz CT molecular complexity index is 1500. The second-order valence-corrected chi connectivity index (χ2v) is 10.9. The van der Waals surface area contributed by atoms with E-state index in [2.05, 4.69) is 57.0 Å². The Kier molecular flexibility index (Phi) is 6.66. The molecule has 1 atom stereocenters. The second-order valence-electron chi connectivity index (χ2n) is 10.9. The van der Waals surface area contributed by atoms with Crippen molar-refractivity contribution in [3.63, 3.8) is 0 Å². The molecule has 38 heavy (non-hydrogen) atoms. The Morgan fingerprint density at radius 1 is 1.08 bits per heavy atom. The number of H-pyrrole nitrogens is 1. The van der Waals surface area contributed by atoms with E-state index >= 15 is 0 Å². The Balaban J connectivity index is 1.53. The SMILES string of the molecule is CN1CCC(N(C)C(=O)Cn2c(-c3ccccc3)c(C3CCCCC3)c3ccc(-c4noc(=O)[nH]4)cc32)C1. The fraction of sp³-hybridized carbons (Fsp3) is 0.433. The van der Waals surface area contributed by atoms with Crippen LogP contribution in [0.5, 0.6) is 0 Å². The van der Waals surface area contributed by atoms with E-state index in [1.165, 1.54) is 30.2 Å². The first-order valence-electron chi connectivity index (χ1n) is 13.7. The molecule has 1 amide bonds. The molecule has 0 radical (unpaired) electrons. The summed E-state index contributed by atoms with van der Waals surface area (Å²) in [4.78, 5) is 32.3. The van der Waals surface area contributed by atoms with Gasteiger partial charge in [-0.25, -0.2) is 4.79 Å². The average molecular weight is 514 g/mol. The third-order valence-electron chi connectivity index (χ3n) is 8.48. The number of likely N-dealkylation sites (tertiary alicyclic amines) is 1. The van der Waals surface area contributed by atoms with Crippen LogP contribution in [0, 0.1) is 0 Å². The van der Waals surface area contributed by atoms with Crippen LogP contribution in [0.25, 0.3) is 33.5 Å². The second kappa shape index (κ2) is 10.3. The van der Waals surface area contributed by atoms with Gasteiger partial charge in [-0.3, -0.25) is 14.3 Å². The molecule has 2 fully saturated rings. The Hall–Kier alpha value is -3.65. The van der Waals surface area contributed by atoms with E-state index in [0.717, 1.165) is 54.7 Å². The lowest BCUT2D eigenvalue weighted by molar-refractivity contribution is -0.132. The maximum Gasteiger partial charge on any atom is 0.439 e. The smallest absolute Gasteiger partial charge is 0.340 e. The summed E-state index contributed by atoms with van der Waals surface area (Å²) < 4.78 is 6.99. The van der Waals surface area contributed by atoms with Crippen molar-refractivity contribution < 1.29 is 9.32 Å². The zero-order chi connectivity index (χ0) is 26.2. The van der Waals surface area contributed by atoms with Crippen LogP contribution in [-0.4, -0.2) is 63.6 Å². The summed E-state index contributed by atoms with van der Waals surface area (Å²) in [6.07, 6.45) is 7.02. The lowest BCUT2D eigenvalue weighted by Gasteiger charge is -2.26. The van der Waals surface area contributed by atoms with E-state index in [-0.39, 0.29) is 18.5 Å². The molecule has 8 nitrogen and oxygen atoms in total. The van der Waals surface area contributed by atoms with E-state index in [0.29, 0.717) is 11.7 Å². The van der Waals surface area contributed by atoms with Gasteiger partial charge in [0.05, 0.1) is 11.2 Å². The van der Waals surface area contributed by atoms with Gasteiger partial charge in [-0.1, -0.05) is 66.9 Å². The van der Waals surface area contributed by atoms with Crippen LogP contribution in [0.15, 0.2) is 57.8 Å². The van der Waals surface area contributed by atoms with Gasteiger partial charge in [0.1, 0.15) is 6.54 Å². The number of carbonyl (C=O) groups is 1. The van der Waals surface area contributed by atoms with Crippen LogP contribution in [-0.2, 0) is 11.3 Å². The van der Waals surface area contributed by atoms with Gasteiger partial charge in [0.2, 0.25) is 5.91 Å².